The molecule has 0 aliphatic carbocycles. The van der Waals surface area contributed by atoms with Gasteiger partial charge in [0.2, 0.25) is 0 Å². The number of benzene rings is 2. The summed E-state index contributed by atoms with van der Waals surface area (Å²) in [4.78, 5) is 0. The quantitative estimate of drug-likeness (QED) is 0.530. The van der Waals surface area contributed by atoms with Gasteiger partial charge in [0, 0.05) is 17.9 Å². The molecule has 0 saturated carbocycles. The van der Waals surface area contributed by atoms with Gasteiger partial charge in [-0.1, -0.05) is 68.3 Å². The predicted octanol–water partition coefficient (Wildman–Crippen LogP) is 5.88. The molecule has 0 fully saturated rings. The maximum absolute atomic E-state index is 6.32. The zero-order chi connectivity index (χ0) is 16.9. The average molecular weight is 321 g/mol. The first-order chi connectivity index (χ1) is 11.7. The van der Waals surface area contributed by atoms with Gasteiger partial charge in [-0.15, -0.1) is 0 Å². The molecule has 3 rings (SSSR count). The SMILES string of the molecule is CCCOC(c1ccc(C)cc1)n1c(CCC)cc2ccccc21. The Balaban J connectivity index is 2.13. The minimum Gasteiger partial charge on any atom is -0.354 e. The van der Waals surface area contributed by atoms with Crippen LogP contribution < -0.4 is 0 Å². The monoisotopic (exact) mass is 321 g/mol. The van der Waals surface area contributed by atoms with Crippen molar-refractivity contribution in [3.63, 3.8) is 0 Å². The lowest BCUT2D eigenvalue weighted by Crippen LogP contribution is -2.17. The molecule has 2 aromatic carbocycles. The highest BCUT2D eigenvalue weighted by Gasteiger charge is 2.19. The second kappa shape index (κ2) is 7.67. The molecule has 0 radical (unpaired) electrons. The molecule has 0 aliphatic rings. The third-order valence-electron chi connectivity index (χ3n) is 4.41. The van der Waals surface area contributed by atoms with Crippen molar-refractivity contribution in [2.75, 3.05) is 6.61 Å². The molecule has 3 aromatic rings. The third kappa shape index (κ3) is 3.39. The molecule has 0 N–H and O–H groups in total. The van der Waals surface area contributed by atoms with E-state index in [1.807, 2.05) is 0 Å². The summed E-state index contributed by atoms with van der Waals surface area (Å²) in [5.74, 6) is 0. The summed E-state index contributed by atoms with van der Waals surface area (Å²) in [6.07, 6.45) is 3.15. The van der Waals surface area contributed by atoms with E-state index in [-0.39, 0.29) is 6.23 Å². The number of rotatable bonds is 7. The lowest BCUT2D eigenvalue weighted by Gasteiger charge is -2.24. The summed E-state index contributed by atoms with van der Waals surface area (Å²) in [5.41, 5.74) is 5.09. The Morgan fingerprint density at radius 3 is 2.42 bits per heavy atom. The van der Waals surface area contributed by atoms with Gasteiger partial charge in [-0.3, -0.25) is 0 Å². The van der Waals surface area contributed by atoms with Crippen LogP contribution >= 0.6 is 0 Å². The fraction of sp³-hybridized carbons (Fsp3) is 0.364. The van der Waals surface area contributed by atoms with Crippen molar-refractivity contribution in [2.45, 2.75) is 46.3 Å². The van der Waals surface area contributed by atoms with Crippen molar-refractivity contribution in [3.8, 4) is 0 Å². The maximum atomic E-state index is 6.32. The van der Waals surface area contributed by atoms with Crippen LogP contribution in [0.4, 0.5) is 0 Å². The summed E-state index contributed by atoms with van der Waals surface area (Å²) >= 11 is 0. The molecule has 0 amide bonds. The minimum atomic E-state index is -0.0630. The summed E-state index contributed by atoms with van der Waals surface area (Å²) in [6, 6.07) is 19.7. The van der Waals surface area contributed by atoms with Crippen LogP contribution in [0.15, 0.2) is 54.6 Å². The fourth-order valence-corrected chi connectivity index (χ4v) is 3.24. The number of hydrogen-bond donors (Lipinski definition) is 0. The zero-order valence-electron chi connectivity index (χ0n) is 15.0. The number of hydrogen-bond acceptors (Lipinski definition) is 1. The predicted molar refractivity (Wildman–Crippen MR) is 101 cm³/mol. The smallest absolute Gasteiger partial charge is 0.160 e. The third-order valence-corrected chi connectivity index (χ3v) is 4.41. The summed E-state index contributed by atoms with van der Waals surface area (Å²) in [7, 11) is 0. The molecule has 0 aliphatic heterocycles. The van der Waals surface area contributed by atoms with Gasteiger partial charge in [0.25, 0.3) is 0 Å². The number of nitrogens with zero attached hydrogens (tertiary/aromatic N) is 1. The van der Waals surface area contributed by atoms with E-state index in [4.69, 9.17) is 4.74 Å². The standard InChI is InChI=1S/C22H27NO/c1-4-8-20-16-19-9-6-7-10-21(19)23(20)22(24-15-5-2)18-13-11-17(3)12-14-18/h6-7,9-14,16,22H,4-5,8,15H2,1-3H3. The topological polar surface area (TPSA) is 14.2 Å². The van der Waals surface area contributed by atoms with Crippen LogP contribution in [0.5, 0.6) is 0 Å². The van der Waals surface area contributed by atoms with E-state index in [9.17, 15) is 0 Å². The van der Waals surface area contributed by atoms with Crippen molar-refractivity contribution in [1.29, 1.82) is 0 Å². The van der Waals surface area contributed by atoms with Crippen LogP contribution in [0.3, 0.4) is 0 Å². The van der Waals surface area contributed by atoms with Gasteiger partial charge in [0.15, 0.2) is 6.23 Å². The Labute approximate surface area is 145 Å². The Morgan fingerprint density at radius 2 is 1.71 bits per heavy atom. The molecule has 0 bridgehead atoms. The molecular formula is C22H27NO. The van der Waals surface area contributed by atoms with Gasteiger partial charge in [-0.2, -0.15) is 0 Å². The van der Waals surface area contributed by atoms with E-state index in [0.717, 1.165) is 25.9 Å². The molecule has 24 heavy (non-hydrogen) atoms. The van der Waals surface area contributed by atoms with E-state index in [0.29, 0.717) is 0 Å². The first-order valence-corrected chi connectivity index (χ1v) is 9.01. The first kappa shape index (κ1) is 16.8. The van der Waals surface area contributed by atoms with Gasteiger partial charge < -0.3 is 9.30 Å². The largest absolute Gasteiger partial charge is 0.354 e. The van der Waals surface area contributed by atoms with Crippen LogP contribution in [-0.4, -0.2) is 11.2 Å². The average Bonchev–Trinajstić information content (AvgIpc) is 2.95. The highest BCUT2D eigenvalue weighted by molar-refractivity contribution is 5.81. The van der Waals surface area contributed by atoms with Crippen LogP contribution in [0.25, 0.3) is 10.9 Å². The van der Waals surface area contributed by atoms with Crippen molar-refractivity contribution < 1.29 is 4.74 Å². The second-order valence-corrected chi connectivity index (χ2v) is 6.45. The highest BCUT2D eigenvalue weighted by Crippen LogP contribution is 2.30. The fourth-order valence-electron chi connectivity index (χ4n) is 3.24. The minimum absolute atomic E-state index is 0.0630. The Hall–Kier alpha value is -2.06. The summed E-state index contributed by atoms with van der Waals surface area (Å²) in [6.45, 7) is 7.28. The number of aryl methyl sites for hydroxylation is 2. The molecule has 0 saturated heterocycles. The van der Waals surface area contributed by atoms with Gasteiger partial charge >= 0.3 is 0 Å². The molecular weight excluding hydrogens is 294 g/mol. The molecule has 126 valence electrons. The van der Waals surface area contributed by atoms with Crippen molar-refractivity contribution in [1.82, 2.24) is 4.57 Å². The molecule has 1 heterocycles. The number of ether oxygens (including phenoxy) is 1. The van der Waals surface area contributed by atoms with Crippen molar-refractivity contribution in [3.05, 3.63) is 71.4 Å². The first-order valence-electron chi connectivity index (χ1n) is 9.01. The molecule has 2 nitrogen and oxygen atoms in total. The molecule has 0 spiro atoms. The lowest BCUT2D eigenvalue weighted by molar-refractivity contribution is 0.0338. The van der Waals surface area contributed by atoms with E-state index in [1.165, 1.54) is 27.7 Å². The van der Waals surface area contributed by atoms with E-state index in [1.54, 1.807) is 0 Å². The van der Waals surface area contributed by atoms with Crippen LogP contribution in [-0.2, 0) is 11.2 Å². The molecule has 2 heteroatoms. The zero-order valence-corrected chi connectivity index (χ0v) is 15.0. The van der Waals surface area contributed by atoms with Gasteiger partial charge in [0.1, 0.15) is 0 Å². The number of fused-ring (bicyclic) bond motifs is 1. The summed E-state index contributed by atoms with van der Waals surface area (Å²) in [5, 5.41) is 1.29. The molecule has 1 atom stereocenters. The lowest BCUT2D eigenvalue weighted by atomic mass is 10.1. The van der Waals surface area contributed by atoms with E-state index >= 15 is 0 Å². The Morgan fingerprint density at radius 1 is 0.958 bits per heavy atom. The second-order valence-electron chi connectivity index (χ2n) is 6.45. The van der Waals surface area contributed by atoms with Gasteiger partial charge in [-0.05, 0) is 37.3 Å². The molecule has 1 unspecified atom stereocenters. The number of para-hydroxylation sites is 1. The van der Waals surface area contributed by atoms with E-state index < -0.39 is 0 Å². The number of aromatic nitrogens is 1. The maximum Gasteiger partial charge on any atom is 0.160 e. The van der Waals surface area contributed by atoms with E-state index in [2.05, 4.69) is 79.9 Å². The van der Waals surface area contributed by atoms with Gasteiger partial charge in [0.05, 0.1) is 5.52 Å². The summed E-state index contributed by atoms with van der Waals surface area (Å²) < 4.78 is 8.71. The Kier molecular flexibility index (Phi) is 5.37. The normalized spacial score (nSPS) is 12.6. The van der Waals surface area contributed by atoms with Gasteiger partial charge in [-0.25, -0.2) is 0 Å². The van der Waals surface area contributed by atoms with Crippen LogP contribution in [0, 0.1) is 6.92 Å². The highest BCUT2D eigenvalue weighted by atomic mass is 16.5. The van der Waals surface area contributed by atoms with Crippen molar-refractivity contribution >= 4 is 10.9 Å². The van der Waals surface area contributed by atoms with Crippen molar-refractivity contribution in [2.24, 2.45) is 0 Å². The van der Waals surface area contributed by atoms with Crippen LogP contribution in [0.2, 0.25) is 0 Å². The van der Waals surface area contributed by atoms with Crippen LogP contribution in [0.1, 0.15) is 49.7 Å². The molecule has 1 aromatic heterocycles. The Bertz CT molecular complexity index is 785.